The van der Waals surface area contributed by atoms with Crippen molar-refractivity contribution in [2.24, 2.45) is 0 Å². The SMILES string of the molecule is [CH]1[CH][CH][C](C2NCC3CN2CCNCCCNCCN3)[CH]1. The summed E-state index contributed by atoms with van der Waals surface area (Å²) in [4.78, 5) is 2.56. The van der Waals surface area contributed by atoms with Crippen molar-refractivity contribution in [1.29, 1.82) is 0 Å². The number of hydrogen-bond acceptors (Lipinski definition) is 5. The Labute approximate surface area is 129 Å². The monoisotopic (exact) mass is 290 g/mol. The minimum absolute atomic E-state index is 0.364. The van der Waals surface area contributed by atoms with Gasteiger partial charge in [0.05, 0.1) is 6.17 Å². The van der Waals surface area contributed by atoms with Crippen molar-refractivity contribution in [1.82, 2.24) is 26.2 Å². The smallest absolute Gasteiger partial charge is 0.0669 e. The topological polar surface area (TPSA) is 51.4 Å². The van der Waals surface area contributed by atoms with Gasteiger partial charge < -0.3 is 16.0 Å². The molecule has 3 aliphatic rings. The predicted molar refractivity (Wildman–Crippen MR) is 86.0 cm³/mol. The zero-order valence-electron chi connectivity index (χ0n) is 12.8. The Balaban J connectivity index is 1.57. The molecule has 5 nitrogen and oxygen atoms in total. The van der Waals surface area contributed by atoms with Crippen LogP contribution in [-0.2, 0) is 0 Å². The van der Waals surface area contributed by atoms with Crippen LogP contribution in [0.25, 0.3) is 0 Å². The first-order valence-electron chi connectivity index (χ1n) is 8.27. The lowest BCUT2D eigenvalue weighted by molar-refractivity contribution is 0.121. The van der Waals surface area contributed by atoms with E-state index in [-0.39, 0.29) is 0 Å². The van der Waals surface area contributed by atoms with Crippen molar-refractivity contribution in [2.45, 2.75) is 18.6 Å². The van der Waals surface area contributed by atoms with Gasteiger partial charge >= 0.3 is 0 Å². The van der Waals surface area contributed by atoms with Gasteiger partial charge in [-0.1, -0.05) is 0 Å². The fraction of sp³-hybridized carbons (Fsp3) is 0.688. The molecule has 0 aromatic rings. The van der Waals surface area contributed by atoms with Crippen molar-refractivity contribution in [3.63, 3.8) is 0 Å². The number of fused-ring (bicyclic) bond motifs is 2. The third-order valence-corrected chi connectivity index (χ3v) is 4.40. The summed E-state index contributed by atoms with van der Waals surface area (Å²) in [5.74, 6) is 1.39. The van der Waals surface area contributed by atoms with Crippen molar-refractivity contribution in [2.75, 3.05) is 52.4 Å². The fourth-order valence-corrected chi connectivity index (χ4v) is 3.27. The van der Waals surface area contributed by atoms with Gasteiger partial charge in [0.15, 0.2) is 0 Å². The molecule has 5 heteroatoms. The van der Waals surface area contributed by atoms with E-state index >= 15 is 0 Å². The Morgan fingerprint density at radius 2 is 1.71 bits per heavy atom. The molecule has 1 saturated carbocycles. The minimum atomic E-state index is 0.364. The molecule has 2 aliphatic heterocycles. The maximum Gasteiger partial charge on any atom is 0.0669 e. The van der Waals surface area contributed by atoms with Crippen LogP contribution in [0.1, 0.15) is 6.42 Å². The minimum Gasteiger partial charge on any atom is -0.315 e. The van der Waals surface area contributed by atoms with E-state index in [4.69, 9.17) is 0 Å². The highest BCUT2D eigenvalue weighted by Gasteiger charge is 2.34. The molecule has 0 aromatic carbocycles. The molecule has 3 unspecified atom stereocenters. The molecule has 2 heterocycles. The van der Waals surface area contributed by atoms with Crippen LogP contribution in [0.4, 0.5) is 0 Å². The third-order valence-electron chi connectivity index (χ3n) is 4.40. The summed E-state index contributed by atoms with van der Waals surface area (Å²) in [6, 6.07) is 0.541. The zero-order valence-corrected chi connectivity index (χ0v) is 12.8. The van der Waals surface area contributed by atoms with E-state index in [9.17, 15) is 0 Å². The van der Waals surface area contributed by atoms with Crippen LogP contribution in [0.2, 0.25) is 0 Å². The Morgan fingerprint density at radius 3 is 2.57 bits per heavy atom. The van der Waals surface area contributed by atoms with E-state index in [1.54, 1.807) is 0 Å². The van der Waals surface area contributed by atoms with E-state index in [1.165, 1.54) is 12.3 Å². The number of rotatable bonds is 1. The number of nitrogens with one attached hydrogen (secondary N) is 4. The lowest BCUT2D eigenvalue weighted by Gasteiger charge is -2.43. The highest BCUT2D eigenvalue weighted by molar-refractivity contribution is 5.38. The van der Waals surface area contributed by atoms with E-state index in [0.717, 1.165) is 52.4 Å². The van der Waals surface area contributed by atoms with Gasteiger partial charge in [-0.15, -0.1) is 0 Å². The molecule has 5 radical (unpaired) electrons. The molecule has 0 amide bonds. The highest BCUT2D eigenvalue weighted by atomic mass is 15.3. The van der Waals surface area contributed by atoms with Gasteiger partial charge in [-0.2, -0.15) is 0 Å². The molecule has 117 valence electrons. The van der Waals surface area contributed by atoms with Crippen molar-refractivity contribution in [3.8, 4) is 0 Å². The standard InChI is InChI=1S/C16H28N5/c1-2-5-14(4-1)16-20-12-15-13-21(16)11-10-18-7-3-6-17-8-9-19-15/h1-2,4-5,15-20H,3,6-13H2. The summed E-state index contributed by atoms with van der Waals surface area (Å²) < 4.78 is 0. The zero-order chi connectivity index (χ0) is 14.3. The number of hydrogen-bond donors (Lipinski definition) is 4. The van der Waals surface area contributed by atoms with Crippen LogP contribution in [0.5, 0.6) is 0 Å². The van der Waals surface area contributed by atoms with Crippen LogP contribution in [0.3, 0.4) is 0 Å². The van der Waals surface area contributed by atoms with Crippen LogP contribution < -0.4 is 21.3 Å². The van der Waals surface area contributed by atoms with Gasteiger partial charge in [-0.25, -0.2) is 0 Å². The molecule has 3 fully saturated rings. The lowest BCUT2D eigenvalue weighted by Crippen LogP contribution is -2.63. The van der Waals surface area contributed by atoms with E-state index < -0.39 is 0 Å². The summed E-state index contributed by atoms with van der Waals surface area (Å²) in [6.07, 6.45) is 10.3. The molecule has 4 N–H and O–H groups in total. The molecule has 3 rings (SSSR count). The fourth-order valence-electron chi connectivity index (χ4n) is 3.27. The molecule has 21 heavy (non-hydrogen) atoms. The molecule has 2 saturated heterocycles. The second-order valence-electron chi connectivity index (χ2n) is 6.03. The first kappa shape index (κ1) is 15.7. The van der Waals surface area contributed by atoms with Gasteiger partial charge in [0.2, 0.25) is 0 Å². The van der Waals surface area contributed by atoms with Gasteiger partial charge in [0, 0.05) is 51.2 Å². The lowest BCUT2D eigenvalue weighted by atomic mass is 9.99. The first-order chi connectivity index (χ1) is 10.4. The van der Waals surface area contributed by atoms with Crippen molar-refractivity contribution < 1.29 is 0 Å². The quantitative estimate of drug-likeness (QED) is 0.508. The maximum absolute atomic E-state index is 3.71. The molecule has 0 aromatic heterocycles. The maximum atomic E-state index is 3.71. The van der Waals surface area contributed by atoms with E-state index in [2.05, 4.69) is 51.9 Å². The van der Waals surface area contributed by atoms with Gasteiger partial charge in [0.1, 0.15) is 0 Å². The van der Waals surface area contributed by atoms with E-state index in [0.29, 0.717) is 12.2 Å². The summed E-state index contributed by atoms with van der Waals surface area (Å²) in [7, 11) is 0. The molecule has 2 bridgehead atoms. The first-order valence-corrected chi connectivity index (χ1v) is 8.27. The molecule has 1 aliphatic carbocycles. The second-order valence-corrected chi connectivity index (χ2v) is 6.03. The largest absolute Gasteiger partial charge is 0.315 e. The Hall–Kier alpha value is -0.200. The van der Waals surface area contributed by atoms with Crippen molar-refractivity contribution >= 4 is 0 Å². The van der Waals surface area contributed by atoms with Crippen LogP contribution >= 0.6 is 0 Å². The van der Waals surface area contributed by atoms with Gasteiger partial charge in [-0.05, 0) is 45.2 Å². The Bertz CT molecular complexity index is 292. The second kappa shape index (κ2) is 8.44. The molecular formula is C16H28N5. The van der Waals surface area contributed by atoms with Crippen molar-refractivity contribution in [3.05, 3.63) is 31.6 Å². The summed E-state index contributed by atoms with van der Waals surface area (Å²) in [5, 5.41) is 14.4. The normalized spacial score (nSPS) is 37.4. The average Bonchev–Trinajstić information content (AvgIpc) is 3.03. The molecular weight excluding hydrogens is 262 g/mol. The van der Waals surface area contributed by atoms with Gasteiger partial charge in [0.25, 0.3) is 0 Å². The third kappa shape index (κ3) is 4.63. The summed E-state index contributed by atoms with van der Waals surface area (Å²) >= 11 is 0. The Morgan fingerprint density at radius 1 is 0.905 bits per heavy atom. The summed E-state index contributed by atoms with van der Waals surface area (Å²) in [6.45, 7) is 8.63. The Kier molecular flexibility index (Phi) is 6.30. The molecule has 3 atom stereocenters. The predicted octanol–water partition coefficient (Wildman–Crippen LogP) is -0.836. The van der Waals surface area contributed by atoms with Crippen LogP contribution in [-0.4, -0.2) is 69.5 Å². The van der Waals surface area contributed by atoms with Crippen LogP contribution in [0, 0.1) is 31.6 Å². The average molecular weight is 290 g/mol. The highest BCUT2D eigenvalue weighted by Crippen LogP contribution is 2.29. The number of nitrogens with zero attached hydrogens (tertiary/aromatic N) is 1. The summed E-state index contributed by atoms with van der Waals surface area (Å²) in [5.41, 5.74) is 0. The van der Waals surface area contributed by atoms with Crippen LogP contribution in [0.15, 0.2) is 0 Å². The van der Waals surface area contributed by atoms with Gasteiger partial charge in [-0.3, -0.25) is 10.2 Å². The van der Waals surface area contributed by atoms with E-state index in [1.807, 2.05) is 0 Å². The molecule has 0 spiro atoms.